The number of rotatable bonds is 6. The summed E-state index contributed by atoms with van der Waals surface area (Å²) in [4.78, 5) is 15.7. The van der Waals surface area contributed by atoms with Crippen LogP contribution in [0.2, 0.25) is 0 Å². The molecule has 0 bridgehead atoms. The van der Waals surface area contributed by atoms with Gasteiger partial charge in [0.25, 0.3) is 0 Å². The molecule has 2 heterocycles. The minimum atomic E-state index is -3.63. The second kappa shape index (κ2) is 7.57. The van der Waals surface area contributed by atoms with Crippen molar-refractivity contribution in [3.05, 3.63) is 77.9 Å². The van der Waals surface area contributed by atoms with Gasteiger partial charge in [-0.05, 0) is 41.3 Å². The number of aromatic nitrogens is 2. The number of aryl methyl sites for hydroxylation is 1. The Labute approximate surface area is 163 Å². The molecule has 0 fully saturated rings. The maximum Gasteiger partial charge on any atom is 0.240 e. The monoisotopic (exact) mass is 396 g/mol. The molecule has 8 heteroatoms. The Morgan fingerprint density at radius 3 is 2.61 bits per heavy atom. The van der Waals surface area contributed by atoms with Gasteiger partial charge in [0.1, 0.15) is 0 Å². The molecule has 0 saturated carbocycles. The molecule has 0 saturated heterocycles. The highest BCUT2D eigenvalue weighted by atomic mass is 32.2. The number of anilines is 1. The zero-order valence-electron chi connectivity index (χ0n) is 15.1. The first kappa shape index (κ1) is 18.4. The standard InChI is InChI=1S/C20H20N4O3S/c25-20-8-5-17-11-18(6-7-19(17)23-20)28(26,27)22-12-15-1-3-16(4-2-15)13-24-10-9-21-14-24/h1-4,6-7,9-11,14,22H,5,8,12-13H2,(H,23,25). The number of nitrogens with zero attached hydrogens (tertiary/aromatic N) is 2. The van der Waals surface area contributed by atoms with Gasteiger partial charge in [-0.25, -0.2) is 18.1 Å². The molecule has 1 amide bonds. The first-order valence-corrected chi connectivity index (χ1v) is 10.4. The number of carbonyl (C=O) groups excluding carboxylic acids is 1. The molecule has 3 aromatic rings. The van der Waals surface area contributed by atoms with Gasteiger partial charge in [0.05, 0.1) is 11.2 Å². The molecule has 144 valence electrons. The van der Waals surface area contributed by atoms with E-state index in [0.29, 0.717) is 18.5 Å². The molecule has 2 aromatic carbocycles. The van der Waals surface area contributed by atoms with Crippen LogP contribution in [0.25, 0.3) is 0 Å². The van der Waals surface area contributed by atoms with Gasteiger partial charge in [-0.15, -0.1) is 0 Å². The summed E-state index contributed by atoms with van der Waals surface area (Å²) < 4.78 is 29.9. The van der Waals surface area contributed by atoms with Crippen molar-refractivity contribution in [2.75, 3.05) is 5.32 Å². The minimum absolute atomic E-state index is 0.0438. The third kappa shape index (κ3) is 4.13. The normalized spacial score (nSPS) is 13.8. The van der Waals surface area contributed by atoms with E-state index in [9.17, 15) is 13.2 Å². The SMILES string of the molecule is O=C1CCc2cc(S(=O)(=O)NCc3ccc(Cn4ccnc4)cc3)ccc2N1. The summed E-state index contributed by atoms with van der Waals surface area (Å²) in [7, 11) is -3.63. The zero-order chi connectivity index (χ0) is 19.6. The largest absolute Gasteiger partial charge is 0.333 e. The molecule has 0 atom stereocenters. The second-order valence-corrected chi connectivity index (χ2v) is 8.51. The number of carbonyl (C=O) groups is 1. The molecular formula is C20H20N4O3S. The van der Waals surface area contributed by atoms with Gasteiger partial charge in [-0.3, -0.25) is 4.79 Å². The lowest BCUT2D eigenvalue weighted by Crippen LogP contribution is -2.24. The van der Waals surface area contributed by atoms with Crippen molar-refractivity contribution >= 4 is 21.6 Å². The highest BCUT2D eigenvalue weighted by Crippen LogP contribution is 2.25. The van der Waals surface area contributed by atoms with Crippen molar-refractivity contribution in [3.8, 4) is 0 Å². The van der Waals surface area contributed by atoms with Crippen molar-refractivity contribution < 1.29 is 13.2 Å². The Hall–Kier alpha value is -2.97. The van der Waals surface area contributed by atoms with E-state index in [2.05, 4.69) is 15.0 Å². The van der Waals surface area contributed by atoms with Crippen LogP contribution in [0.5, 0.6) is 0 Å². The third-order valence-corrected chi connectivity index (χ3v) is 6.10. The summed E-state index contributed by atoms with van der Waals surface area (Å²) in [6.45, 7) is 0.930. The van der Waals surface area contributed by atoms with E-state index in [0.717, 1.165) is 23.2 Å². The van der Waals surface area contributed by atoms with Crippen molar-refractivity contribution in [1.82, 2.24) is 14.3 Å². The lowest BCUT2D eigenvalue weighted by molar-refractivity contribution is -0.116. The lowest BCUT2D eigenvalue weighted by atomic mass is 10.0. The van der Waals surface area contributed by atoms with E-state index < -0.39 is 10.0 Å². The van der Waals surface area contributed by atoms with Crippen molar-refractivity contribution in [2.45, 2.75) is 30.8 Å². The number of fused-ring (bicyclic) bond motifs is 1. The first-order chi connectivity index (χ1) is 13.5. The van der Waals surface area contributed by atoms with Crippen molar-refractivity contribution in [1.29, 1.82) is 0 Å². The van der Waals surface area contributed by atoms with Crippen LogP contribution in [-0.2, 0) is 34.3 Å². The fraction of sp³-hybridized carbons (Fsp3) is 0.200. The topological polar surface area (TPSA) is 93.1 Å². The summed E-state index contributed by atoms with van der Waals surface area (Å²) in [5.41, 5.74) is 3.51. The maximum atomic E-state index is 12.6. The van der Waals surface area contributed by atoms with Crippen LogP contribution in [-0.4, -0.2) is 23.9 Å². The Morgan fingerprint density at radius 2 is 1.86 bits per heavy atom. The number of amides is 1. The molecule has 0 unspecified atom stereocenters. The highest BCUT2D eigenvalue weighted by Gasteiger charge is 2.19. The Balaban J connectivity index is 1.42. The summed E-state index contributed by atoms with van der Waals surface area (Å²) in [6, 6.07) is 12.6. The van der Waals surface area contributed by atoms with Gasteiger partial charge in [0, 0.05) is 37.6 Å². The summed E-state index contributed by atoms with van der Waals surface area (Å²) in [5, 5.41) is 2.76. The Morgan fingerprint density at radius 1 is 1.07 bits per heavy atom. The number of imidazole rings is 1. The van der Waals surface area contributed by atoms with E-state index in [4.69, 9.17) is 0 Å². The molecule has 7 nitrogen and oxygen atoms in total. The van der Waals surface area contributed by atoms with Gasteiger partial charge in [0.2, 0.25) is 15.9 Å². The molecule has 1 aliphatic heterocycles. The lowest BCUT2D eigenvalue weighted by Gasteiger charge is -2.17. The van der Waals surface area contributed by atoms with Crippen LogP contribution in [0.4, 0.5) is 5.69 Å². The fourth-order valence-electron chi connectivity index (χ4n) is 3.14. The van der Waals surface area contributed by atoms with Crippen LogP contribution < -0.4 is 10.0 Å². The van der Waals surface area contributed by atoms with Gasteiger partial charge >= 0.3 is 0 Å². The van der Waals surface area contributed by atoms with E-state index in [1.165, 1.54) is 6.07 Å². The summed E-state index contributed by atoms with van der Waals surface area (Å²) >= 11 is 0. The van der Waals surface area contributed by atoms with E-state index in [1.54, 1.807) is 24.7 Å². The van der Waals surface area contributed by atoms with Crippen LogP contribution in [0, 0.1) is 0 Å². The molecule has 4 rings (SSSR count). The molecule has 1 aromatic heterocycles. The predicted molar refractivity (Wildman–Crippen MR) is 105 cm³/mol. The molecular weight excluding hydrogens is 376 g/mol. The molecule has 0 spiro atoms. The van der Waals surface area contributed by atoms with Crippen LogP contribution >= 0.6 is 0 Å². The smallest absolute Gasteiger partial charge is 0.240 e. The number of sulfonamides is 1. The molecule has 1 aliphatic rings. The second-order valence-electron chi connectivity index (χ2n) is 6.74. The van der Waals surface area contributed by atoms with E-state index >= 15 is 0 Å². The molecule has 2 N–H and O–H groups in total. The number of nitrogens with one attached hydrogen (secondary N) is 2. The molecule has 28 heavy (non-hydrogen) atoms. The fourth-order valence-corrected chi connectivity index (χ4v) is 4.21. The van der Waals surface area contributed by atoms with Gasteiger partial charge in [-0.1, -0.05) is 24.3 Å². The quantitative estimate of drug-likeness (QED) is 0.669. The first-order valence-electron chi connectivity index (χ1n) is 8.96. The Kier molecular flexibility index (Phi) is 4.97. The van der Waals surface area contributed by atoms with E-state index in [-0.39, 0.29) is 17.3 Å². The maximum absolute atomic E-state index is 12.6. The minimum Gasteiger partial charge on any atom is -0.333 e. The van der Waals surface area contributed by atoms with Gasteiger partial charge in [-0.2, -0.15) is 0 Å². The molecule has 0 radical (unpaired) electrons. The average Bonchev–Trinajstić information content (AvgIpc) is 3.20. The van der Waals surface area contributed by atoms with Crippen molar-refractivity contribution in [3.63, 3.8) is 0 Å². The van der Waals surface area contributed by atoms with E-state index in [1.807, 2.05) is 35.0 Å². The average molecular weight is 396 g/mol. The number of hydrogen-bond donors (Lipinski definition) is 2. The predicted octanol–water partition coefficient (Wildman–Crippen LogP) is 2.29. The number of benzene rings is 2. The number of hydrogen-bond acceptors (Lipinski definition) is 4. The van der Waals surface area contributed by atoms with Crippen LogP contribution in [0.15, 0.2) is 66.1 Å². The van der Waals surface area contributed by atoms with Crippen molar-refractivity contribution in [2.24, 2.45) is 0 Å². The summed E-state index contributed by atoms with van der Waals surface area (Å²) in [6.07, 6.45) is 6.30. The summed E-state index contributed by atoms with van der Waals surface area (Å²) in [5.74, 6) is -0.0438. The van der Waals surface area contributed by atoms with Crippen LogP contribution in [0.3, 0.4) is 0 Å². The van der Waals surface area contributed by atoms with Crippen LogP contribution in [0.1, 0.15) is 23.1 Å². The zero-order valence-corrected chi connectivity index (χ0v) is 15.9. The Bertz CT molecular complexity index is 1090. The molecule has 0 aliphatic carbocycles. The third-order valence-electron chi connectivity index (χ3n) is 4.70. The highest BCUT2D eigenvalue weighted by molar-refractivity contribution is 7.89. The van der Waals surface area contributed by atoms with Gasteiger partial charge in [0.15, 0.2) is 0 Å². The van der Waals surface area contributed by atoms with Gasteiger partial charge < -0.3 is 9.88 Å².